The van der Waals surface area contributed by atoms with E-state index in [1.165, 1.54) is 12.8 Å². The molecule has 0 aromatic carbocycles. The maximum atomic E-state index is 9.61. The monoisotopic (exact) mass is 247 g/mol. The predicted octanol–water partition coefficient (Wildman–Crippen LogP) is 1.99. The summed E-state index contributed by atoms with van der Waals surface area (Å²) in [7, 11) is 2.07. The molecule has 1 N–H and O–H groups in total. The minimum atomic E-state index is -0.0777. The Morgan fingerprint density at radius 1 is 1.62 bits per heavy atom. The molecule has 1 fully saturated rings. The van der Waals surface area contributed by atoms with Gasteiger partial charge in [-0.05, 0) is 25.8 Å². The minimum Gasteiger partial charge on any atom is -0.393 e. The first-order valence-electron chi connectivity index (χ1n) is 4.79. The van der Waals surface area contributed by atoms with E-state index in [4.69, 9.17) is 0 Å². The zero-order valence-electron chi connectivity index (χ0n) is 8.17. The molecule has 0 amide bonds. The van der Waals surface area contributed by atoms with Gasteiger partial charge in [-0.15, -0.1) is 0 Å². The lowest BCUT2D eigenvalue weighted by molar-refractivity contribution is 0.112. The number of likely N-dealkylation sites (N-methyl/N-ethyl adjacent to an activating group) is 1. The Hall–Kier alpha value is 0.140. The van der Waals surface area contributed by atoms with E-state index in [9.17, 15) is 5.11 Å². The van der Waals surface area contributed by atoms with Crippen molar-refractivity contribution in [2.24, 2.45) is 5.92 Å². The van der Waals surface area contributed by atoms with Crippen LogP contribution in [0, 0.1) is 5.92 Å². The molecule has 0 saturated heterocycles. The summed E-state index contributed by atoms with van der Waals surface area (Å²) in [6.07, 6.45) is 3.24. The van der Waals surface area contributed by atoms with Gasteiger partial charge in [0.1, 0.15) is 0 Å². The van der Waals surface area contributed by atoms with Crippen LogP contribution in [0.5, 0.6) is 0 Å². The summed E-state index contributed by atoms with van der Waals surface area (Å²) < 4.78 is 1.00. The molecule has 0 spiro atoms. The third kappa shape index (κ3) is 3.79. The molecular formula is C10H18BrNO. The van der Waals surface area contributed by atoms with Crippen LogP contribution in [0.4, 0.5) is 0 Å². The Morgan fingerprint density at radius 2 is 2.31 bits per heavy atom. The van der Waals surface area contributed by atoms with Gasteiger partial charge in [0, 0.05) is 17.6 Å². The SMILES string of the molecule is C=C(Br)CN(C)CC1CCCC1O. The Kier molecular flexibility index (Phi) is 4.42. The van der Waals surface area contributed by atoms with Crippen molar-refractivity contribution in [3.8, 4) is 0 Å². The topological polar surface area (TPSA) is 23.5 Å². The summed E-state index contributed by atoms with van der Waals surface area (Å²) in [6.45, 7) is 5.64. The number of aliphatic hydroxyl groups is 1. The smallest absolute Gasteiger partial charge is 0.0580 e. The van der Waals surface area contributed by atoms with E-state index in [0.29, 0.717) is 5.92 Å². The molecule has 0 bridgehead atoms. The fourth-order valence-corrected chi connectivity index (χ4v) is 2.42. The van der Waals surface area contributed by atoms with Crippen LogP contribution in [0.15, 0.2) is 11.1 Å². The average molecular weight is 248 g/mol. The summed E-state index contributed by atoms with van der Waals surface area (Å²) in [5.41, 5.74) is 0. The van der Waals surface area contributed by atoms with Crippen LogP contribution in [0.2, 0.25) is 0 Å². The van der Waals surface area contributed by atoms with Gasteiger partial charge in [-0.2, -0.15) is 0 Å². The van der Waals surface area contributed by atoms with E-state index in [-0.39, 0.29) is 6.10 Å². The van der Waals surface area contributed by atoms with Crippen LogP contribution in [-0.4, -0.2) is 36.2 Å². The van der Waals surface area contributed by atoms with Crippen molar-refractivity contribution in [2.45, 2.75) is 25.4 Å². The van der Waals surface area contributed by atoms with Crippen LogP contribution >= 0.6 is 15.9 Å². The van der Waals surface area contributed by atoms with E-state index in [1.807, 2.05) is 0 Å². The van der Waals surface area contributed by atoms with E-state index in [0.717, 1.165) is 24.0 Å². The quantitative estimate of drug-likeness (QED) is 0.822. The zero-order chi connectivity index (χ0) is 9.84. The number of aliphatic hydroxyl groups excluding tert-OH is 1. The first kappa shape index (κ1) is 11.2. The third-order valence-corrected chi connectivity index (χ3v) is 2.86. The highest BCUT2D eigenvalue weighted by molar-refractivity contribution is 9.11. The van der Waals surface area contributed by atoms with E-state index >= 15 is 0 Å². The lowest BCUT2D eigenvalue weighted by atomic mass is 10.1. The molecule has 76 valence electrons. The number of hydrogen-bond donors (Lipinski definition) is 1. The summed E-state index contributed by atoms with van der Waals surface area (Å²) in [5, 5.41) is 9.61. The maximum absolute atomic E-state index is 9.61. The van der Waals surface area contributed by atoms with Gasteiger partial charge < -0.3 is 10.0 Å². The fourth-order valence-electron chi connectivity index (χ4n) is 1.99. The van der Waals surface area contributed by atoms with Gasteiger partial charge in [-0.1, -0.05) is 28.9 Å². The van der Waals surface area contributed by atoms with Crippen LogP contribution < -0.4 is 0 Å². The molecule has 0 aromatic rings. The van der Waals surface area contributed by atoms with Gasteiger partial charge in [-0.25, -0.2) is 0 Å². The molecule has 0 aliphatic heterocycles. The summed E-state index contributed by atoms with van der Waals surface area (Å²) in [6, 6.07) is 0. The Labute approximate surface area is 88.7 Å². The van der Waals surface area contributed by atoms with Gasteiger partial charge in [0.15, 0.2) is 0 Å². The highest BCUT2D eigenvalue weighted by atomic mass is 79.9. The van der Waals surface area contributed by atoms with Gasteiger partial charge in [0.05, 0.1) is 6.10 Å². The second kappa shape index (κ2) is 5.13. The van der Waals surface area contributed by atoms with Gasteiger partial charge >= 0.3 is 0 Å². The Bertz CT molecular complexity index is 184. The van der Waals surface area contributed by atoms with Crippen molar-refractivity contribution in [3.63, 3.8) is 0 Å². The van der Waals surface area contributed by atoms with Gasteiger partial charge in [0.25, 0.3) is 0 Å². The first-order chi connectivity index (χ1) is 6.09. The molecule has 1 saturated carbocycles. The van der Waals surface area contributed by atoms with Crippen molar-refractivity contribution in [1.29, 1.82) is 0 Å². The lowest BCUT2D eigenvalue weighted by Crippen LogP contribution is -2.30. The third-order valence-electron chi connectivity index (χ3n) is 2.61. The number of rotatable bonds is 4. The standard InChI is InChI=1S/C10H18BrNO/c1-8(11)6-12(2)7-9-4-3-5-10(9)13/h9-10,13H,1,3-7H2,2H3. The molecule has 13 heavy (non-hydrogen) atoms. The molecule has 1 aliphatic carbocycles. The van der Waals surface area contributed by atoms with Crippen LogP contribution in [0.25, 0.3) is 0 Å². The minimum absolute atomic E-state index is 0.0777. The molecule has 0 radical (unpaired) electrons. The van der Waals surface area contributed by atoms with Crippen molar-refractivity contribution in [2.75, 3.05) is 20.1 Å². The largest absolute Gasteiger partial charge is 0.393 e. The highest BCUT2D eigenvalue weighted by Gasteiger charge is 2.25. The summed E-state index contributed by atoms with van der Waals surface area (Å²) in [5.74, 6) is 0.469. The normalized spacial score (nSPS) is 28.3. The fraction of sp³-hybridized carbons (Fsp3) is 0.800. The summed E-state index contributed by atoms with van der Waals surface area (Å²) >= 11 is 3.34. The molecule has 1 rings (SSSR count). The molecular weight excluding hydrogens is 230 g/mol. The molecule has 2 nitrogen and oxygen atoms in total. The van der Waals surface area contributed by atoms with Crippen molar-refractivity contribution < 1.29 is 5.11 Å². The van der Waals surface area contributed by atoms with Crippen molar-refractivity contribution in [3.05, 3.63) is 11.1 Å². The summed E-state index contributed by atoms with van der Waals surface area (Å²) in [4.78, 5) is 2.20. The lowest BCUT2D eigenvalue weighted by Gasteiger charge is -2.22. The highest BCUT2D eigenvalue weighted by Crippen LogP contribution is 2.26. The Balaban J connectivity index is 2.26. The molecule has 2 atom stereocenters. The number of halogens is 1. The van der Waals surface area contributed by atoms with E-state index in [1.54, 1.807) is 0 Å². The van der Waals surface area contributed by atoms with Gasteiger partial charge in [-0.3, -0.25) is 0 Å². The van der Waals surface area contributed by atoms with Gasteiger partial charge in [0.2, 0.25) is 0 Å². The number of nitrogens with zero attached hydrogens (tertiary/aromatic N) is 1. The maximum Gasteiger partial charge on any atom is 0.0580 e. The van der Waals surface area contributed by atoms with E-state index < -0.39 is 0 Å². The predicted molar refractivity (Wildman–Crippen MR) is 58.9 cm³/mol. The van der Waals surface area contributed by atoms with Crippen molar-refractivity contribution >= 4 is 15.9 Å². The Morgan fingerprint density at radius 3 is 2.77 bits per heavy atom. The average Bonchev–Trinajstić information content (AvgIpc) is 2.34. The van der Waals surface area contributed by atoms with Crippen molar-refractivity contribution in [1.82, 2.24) is 4.90 Å². The molecule has 2 unspecified atom stereocenters. The molecule has 1 aliphatic rings. The number of hydrogen-bond acceptors (Lipinski definition) is 2. The van der Waals surface area contributed by atoms with Crippen LogP contribution in [0.1, 0.15) is 19.3 Å². The molecule has 0 heterocycles. The molecule has 3 heteroatoms. The second-order valence-electron chi connectivity index (χ2n) is 3.97. The first-order valence-corrected chi connectivity index (χ1v) is 5.59. The molecule has 0 aromatic heterocycles. The second-order valence-corrected chi connectivity index (χ2v) is 5.09. The van der Waals surface area contributed by atoms with Crippen LogP contribution in [0.3, 0.4) is 0 Å². The van der Waals surface area contributed by atoms with Crippen LogP contribution in [-0.2, 0) is 0 Å². The van der Waals surface area contributed by atoms with E-state index in [2.05, 4.69) is 34.5 Å². The zero-order valence-corrected chi connectivity index (χ0v) is 9.76.